The second-order valence-corrected chi connectivity index (χ2v) is 4.79. The van der Waals surface area contributed by atoms with Crippen molar-refractivity contribution in [1.29, 1.82) is 0 Å². The van der Waals surface area contributed by atoms with Gasteiger partial charge in [0.05, 0.1) is 0 Å². The lowest BCUT2D eigenvalue weighted by molar-refractivity contribution is 0.229. The van der Waals surface area contributed by atoms with Crippen LogP contribution in [-0.4, -0.2) is 29.9 Å². The van der Waals surface area contributed by atoms with Crippen LogP contribution in [0.15, 0.2) is 0 Å². The standard InChI is InChI=1S/C10H22BrN/c1-9(2)8-10(3)12(4)7-5-6-11/h9-10H,5-8H2,1-4H3. The van der Waals surface area contributed by atoms with E-state index in [9.17, 15) is 0 Å². The summed E-state index contributed by atoms with van der Waals surface area (Å²) >= 11 is 3.45. The number of alkyl halides is 1. The first-order valence-corrected chi connectivity index (χ1v) is 5.96. The number of hydrogen-bond acceptors (Lipinski definition) is 1. The molecule has 12 heavy (non-hydrogen) atoms. The van der Waals surface area contributed by atoms with Crippen molar-refractivity contribution in [2.75, 3.05) is 18.9 Å². The van der Waals surface area contributed by atoms with Crippen molar-refractivity contribution < 1.29 is 0 Å². The van der Waals surface area contributed by atoms with Crippen LogP contribution in [0.3, 0.4) is 0 Å². The molecule has 0 rings (SSSR count). The molecule has 0 radical (unpaired) electrons. The van der Waals surface area contributed by atoms with E-state index in [2.05, 4.69) is 48.6 Å². The molecule has 0 spiro atoms. The number of hydrogen-bond donors (Lipinski definition) is 0. The highest BCUT2D eigenvalue weighted by Crippen LogP contribution is 2.09. The summed E-state index contributed by atoms with van der Waals surface area (Å²) in [7, 11) is 2.22. The topological polar surface area (TPSA) is 3.24 Å². The first-order valence-electron chi connectivity index (χ1n) is 4.84. The zero-order valence-electron chi connectivity index (χ0n) is 8.81. The Morgan fingerprint density at radius 1 is 1.25 bits per heavy atom. The predicted octanol–water partition coefficient (Wildman–Crippen LogP) is 3.14. The fourth-order valence-electron chi connectivity index (χ4n) is 1.39. The van der Waals surface area contributed by atoms with Crippen LogP contribution in [-0.2, 0) is 0 Å². The van der Waals surface area contributed by atoms with Gasteiger partial charge in [-0.2, -0.15) is 0 Å². The van der Waals surface area contributed by atoms with Crippen LogP contribution in [0.5, 0.6) is 0 Å². The smallest absolute Gasteiger partial charge is 0.00663 e. The van der Waals surface area contributed by atoms with E-state index in [4.69, 9.17) is 0 Å². The second-order valence-electron chi connectivity index (χ2n) is 4.00. The second kappa shape index (κ2) is 6.90. The molecule has 2 heteroatoms. The highest BCUT2D eigenvalue weighted by atomic mass is 79.9. The first kappa shape index (κ1) is 12.4. The number of halogens is 1. The lowest BCUT2D eigenvalue weighted by Crippen LogP contribution is -2.31. The van der Waals surface area contributed by atoms with E-state index in [0.717, 1.165) is 17.3 Å². The van der Waals surface area contributed by atoms with E-state index in [1.807, 2.05) is 0 Å². The van der Waals surface area contributed by atoms with Crippen molar-refractivity contribution in [2.24, 2.45) is 5.92 Å². The molecule has 0 amide bonds. The Kier molecular flexibility index (Phi) is 7.16. The van der Waals surface area contributed by atoms with Crippen molar-refractivity contribution >= 4 is 15.9 Å². The normalized spacial score (nSPS) is 14.2. The summed E-state index contributed by atoms with van der Waals surface area (Å²) < 4.78 is 0. The van der Waals surface area contributed by atoms with Crippen molar-refractivity contribution in [1.82, 2.24) is 4.90 Å². The molecular weight excluding hydrogens is 214 g/mol. The molecule has 0 fully saturated rings. The quantitative estimate of drug-likeness (QED) is 0.640. The molecular formula is C10H22BrN. The molecule has 0 N–H and O–H groups in total. The number of nitrogens with zero attached hydrogens (tertiary/aromatic N) is 1. The van der Waals surface area contributed by atoms with E-state index < -0.39 is 0 Å². The lowest BCUT2D eigenvalue weighted by Gasteiger charge is -2.25. The van der Waals surface area contributed by atoms with E-state index in [0.29, 0.717) is 0 Å². The molecule has 1 unspecified atom stereocenters. The summed E-state index contributed by atoms with van der Waals surface area (Å²) in [6.07, 6.45) is 2.55. The zero-order valence-corrected chi connectivity index (χ0v) is 10.4. The lowest BCUT2D eigenvalue weighted by atomic mass is 10.0. The third-order valence-electron chi connectivity index (χ3n) is 2.21. The molecule has 74 valence electrons. The summed E-state index contributed by atoms with van der Waals surface area (Å²) in [6.45, 7) is 8.09. The average molecular weight is 236 g/mol. The maximum atomic E-state index is 3.45. The predicted molar refractivity (Wildman–Crippen MR) is 60.0 cm³/mol. The Morgan fingerprint density at radius 3 is 2.25 bits per heavy atom. The number of rotatable bonds is 6. The molecule has 0 bridgehead atoms. The molecule has 1 atom stereocenters. The van der Waals surface area contributed by atoms with Gasteiger partial charge < -0.3 is 4.90 Å². The molecule has 0 heterocycles. The van der Waals surface area contributed by atoms with Crippen LogP contribution in [0.2, 0.25) is 0 Å². The Hall–Kier alpha value is 0.440. The van der Waals surface area contributed by atoms with Gasteiger partial charge in [0.2, 0.25) is 0 Å². The van der Waals surface area contributed by atoms with E-state index in [1.165, 1.54) is 19.4 Å². The maximum absolute atomic E-state index is 3.45. The van der Waals surface area contributed by atoms with E-state index in [-0.39, 0.29) is 0 Å². The minimum absolute atomic E-state index is 0.726. The first-order chi connectivity index (χ1) is 5.57. The minimum atomic E-state index is 0.726. The fraction of sp³-hybridized carbons (Fsp3) is 1.00. The molecule has 0 saturated heterocycles. The molecule has 0 saturated carbocycles. The molecule has 0 aromatic carbocycles. The zero-order chi connectivity index (χ0) is 9.56. The van der Waals surface area contributed by atoms with Gasteiger partial charge in [-0.3, -0.25) is 0 Å². The van der Waals surface area contributed by atoms with Gasteiger partial charge in [0.15, 0.2) is 0 Å². The fourth-order valence-corrected chi connectivity index (χ4v) is 1.64. The van der Waals surface area contributed by atoms with Crippen molar-refractivity contribution in [2.45, 2.75) is 39.7 Å². The molecule has 0 aliphatic heterocycles. The van der Waals surface area contributed by atoms with E-state index in [1.54, 1.807) is 0 Å². The summed E-state index contributed by atoms with van der Waals surface area (Å²) in [5, 5.41) is 1.12. The monoisotopic (exact) mass is 235 g/mol. The van der Waals surface area contributed by atoms with Crippen LogP contribution >= 0.6 is 15.9 Å². The molecule has 0 aliphatic carbocycles. The van der Waals surface area contributed by atoms with Crippen molar-refractivity contribution in [3.05, 3.63) is 0 Å². The van der Waals surface area contributed by atoms with Gasteiger partial charge in [-0.25, -0.2) is 0 Å². The summed E-state index contributed by atoms with van der Waals surface area (Å²) in [5.41, 5.74) is 0. The van der Waals surface area contributed by atoms with Crippen LogP contribution in [0, 0.1) is 5.92 Å². The third kappa shape index (κ3) is 6.01. The van der Waals surface area contributed by atoms with Gasteiger partial charge in [-0.05, 0) is 39.3 Å². The molecule has 1 nitrogen and oxygen atoms in total. The highest BCUT2D eigenvalue weighted by molar-refractivity contribution is 9.09. The molecule has 0 aromatic rings. The Bertz CT molecular complexity index is 104. The van der Waals surface area contributed by atoms with Crippen molar-refractivity contribution in [3.8, 4) is 0 Å². The van der Waals surface area contributed by atoms with Gasteiger partial charge in [0, 0.05) is 11.4 Å². The Balaban J connectivity index is 3.53. The Morgan fingerprint density at radius 2 is 1.83 bits per heavy atom. The van der Waals surface area contributed by atoms with Crippen LogP contribution < -0.4 is 0 Å². The summed E-state index contributed by atoms with van der Waals surface area (Å²) in [4.78, 5) is 2.45. The van der Waals surface area contributed by atoms with Gasteiger partial charge in [0.25, 0.3) is 0 Å². The molecule has 0 aliphatic rings. The Labute approximate surface area is 85.7 Å². The SMILES string of the molecule is CC(C)CC(C)N(C)CCCBr. The average Bonchev–Trinajstić information content (AvgIpc) is 1.98. The van der Waals surface area contributed by atoms with Gasteiger partial charge in [-0.15, -0.1) is 0 Å². The maximum Gasteiger partial charge on any atom is 0.00663 e. The summed E-state index contributed by atoms with van der Waals surface area (Å²) in [5.74, 6) is 0.812. The minimum Gasteiger partial charge on any atom is -0.304 e. The van der Waals surface area contributed by atoms with Crippen LogP contribution in [0.1, 0.15) is 33.6 Å². The third-order valence-corrected chi connectivity index (χ3v) is 2.77. The van der Waals surface area contributed by atoms with Crippen LogP contribution in [0.25, 0.3) is 0 Å². The molecule has 0 aromatic heterocycles. The van der Waals surface area contributed by atoms with Gasteiger partial charge in [0.1, 0.15) is 0 Å². The summed E-state index contributed by atoms with van der Waals surface area (Å²) in [6, 6.07) is 0.726. The van der Waals surface area contributed by atoms with Crippen molar-refractivity contribution in [3.63, 3.8) is 0 Å². The largest absolute Gasteiger partial charge is 0.304 e. The van der Waals surface area contributed by atoms with Crippen LogP contribution in [0.4, 0.5) is 0 Å². The van der Waals surface area contributed by atoms with Gasteiger partial charge >= 0.3 is 0 Å². The van der Waals surface area contributed by atoms with Gasteiger partial charge in [-0.1, -0.05) is 29.8 Å². The van der Waals surface area contributed by atoms with E-state index >= 15 is 0 Å². The highest BCUT2D eigenvalue weighted by Gasteiger charge is 2.09.